The Morgan fingerprint density at radius 2 is 2.04 bits per heavy atom. The van der Waals surface area contributed by atoms with Gasteiger partial charge in [-0.3, -0.25) is 9.69 Å². The van der Waals surface area contributed by atoms with Crippen molar-refractivity contribution in [2.75, 3.05) is 25.0 Å². The number of hydrogen-bond acceptors (Lipinski definition) is 3. The Balaban J connectivity index is 1.86. The number of nitrogens with one attached hydrogen (secondary N) is 2. The van der Waals surface area contributed by atoms with Crippen molar-refractivity contribution < 1.29 is 18.0 Å². The molecule has 2 atom stereocenters. The Kier molecular flexibility index (Phi) is 5.87. The topological polar surface area (TPSA) is 44.4 Å². The van der Waals surface area contributed by atoms with Gasteiger partial charge in [0.2, 0.25) is 5.91 Å². The van der Waals surface area contributed by atoms with E-state index in [4.69, 9.17) is 0 Å². The predicted molar refractivity (Wildman–Crippen MR) is 83.2 cm³/mol. The SMILES string of the molecule is C[C@@H](C(=O)NCC(F)(F)F)N1CCC[C@H](Nc2ccccc2)C1. The molecule has 23 heavy (non-hydrogen) atoms. The number of carbonyl (C=O) groups is 1. The van der Waals surface area contributed by atoms with Crippen LogP contribution in [0.4, 0.5) is 18.9 Å². The van der Waals surface area contributed by atoms with Crippen molar-refractivity contribution in [3.05, 3.63) is 30.3 Å². The Hall–Kier alpha value is -1.76. The number of carbonyl (C=O) groups excluding carboxylic acids is 1. The van der Waals surface area contributed by atoms with E-state index in [1.165, 1.54) is 0 Å². The van der Waals surface area contributed by atoms with Crippen LogP contribution in [0.25, 0.3) is 0 Å². The second-order valence-corrected chi connectivity index (χ2v) is 5.85. The van der Waals surface area contributed by atoms with Crippen LogP contribution >= 0.6 is 0 Å². The molecule has 2 rings (SSSR count). The molecule has 1 aromatic carbocycles. The molecule has 128 valence electrons. The first-order valence-electron chi connectivity index (χ1n) is 7.75. The van der Waals surface area contributed by atoms with Crippen LogP contribution in [0.2, 0.25) is 0 Å². The van der Waals surface area contributed by atoms with Gasteiger partial charge in [0.05, 0.1) is 6.04 Å². The lowest BCUT2D eigenvalue weighted by molar-refractivity contribution is -0.141. The van der Waals surface area contributed by atoms with E-state index >= 15 is 0 Å². The number of halogens is 3. The molecule has 1 aliphatic rings. The van der Waals surface area contributed by atoms with Crippen LogP contribution < -0.4 is 10.6 Å². The van der Waals surface area contributed by atoms with E-state index in [2.05, 4.69) is 5.32 Å². The molecule has 0 radical (unpaired) electrons. The van der Waals surface area contributed by atoms with Gasteiger partial charge in [0.15, 0.2) is 0 Å². The molecule has 1 aromatic rings. The molecular formula is C16H22F3N3O. The summed E-state index contributed by atoms with van der Waals surface area (Å²) in [5.74, 6) is -0.581. The van der Waals surface area contributed by atoms with Gasteiger partial charge in [0.1, 0.15) is 6.54 Å². The van der Waals surface area contributed by atoms with Gasteiger partial charge in [-0.1, -0.05) is 18.2 Å². The van der Waals surface area contributed by atoms with Gasteiger partial charge in [0, 0.05) is 18.3 Å². The average molecular weight is 329 g/mol. The first-order valence-corrected chi connectivity index (χ1v) is 7.75. The van der Waals surface area contributed by atoms with Crippen molar-refractivity contribution in [1.82, 2.24) is 10.2 Å². The smallest absolute Gasteiger partial charge is 0.381 e. The lowest BCUT2D eigenvalue weighted by Crippen LogP contribution is -2.52. The lowest BCUT2D eigenvalue weighted by atomic mass is 10.0. The largest absolute Gasteiger partial charge is 0.405 e. The van der Waals surface area contributed by atoms with Crippen LogP contribution in [0.15, 0.2) is 30.3 Å². The van der Waals surface area contributed by atoms with Crippen molar-refractivity contribution in [2.24, 2.45) is 0 Å². The lowest BCUT2D eigenvalue weighted by Gasteiger charge is -2.36. The molecule has 0 aliphatic carbocycles. The monoisotopic (exact) mass is 329 g/mol. The summed E-state index contributed by atoms with van der Waals surface area (Å²) in [4.78, 5) is 13.8. The summed E-state index contributed by atoms with van der Waals surface area (Å²) in [6, 6.07) is 9.37. The Morgan fingerprint density at radius 1 is 1.35 bits per heavy atom. The molecule has 2 N–H and O–H groups in total. The Morgan fingerprint density at radius 3 is 2.70 bits per heavy atom. The summed E-state index contributed by atoms with van der Waals surface area (Å²) >= 11 is 0. The molecule has 4 nitrogen and oxygen atoms in total. The van der Waals surface area contributed by atoms with Gasteiger partial charge in [0.25, 0.3) is 0 Å². The van der Waals surface area contributed by atoms with Crippen LogP contribution in [-0.2, 0) is 4.79 Å². The van der Waals surface area contributed by atoms with Gasteiger partial charge >= 0.3 is 6.18 Å². The number of hydrogen-bond donors (Lipinski definition) is 2. The van der Waals surface area contributed by atoms with Gasteiger partial charge in [-0.05, 0) is 38.4 Å². The summed E-state index contributed by atoms with van der Waals surface area (Å²) in [6.07, 6.45) is -2.50. The van der Waals surface area contributed by atoms with Crippen molar-refractivity contribution in [1.29, 1.82) is 0 Å². The predicted octanol–water partition coefficient (Wildman–Crippen LogP) is 2.63. The number of amides is 1. The Bertz CT molecular complexity index is 507. The molecule has 1 heterocycles. The molecule has 1 fully saturated rings. The van der Waals surface area contributed by atoms with E-state index in [0.29, 0.717) is 13.1 Å². The third-order valence-corrected chi connectivity index (χ3v) is 3.99. The number of likely N-dealkylation sites (tertiary alicyclic amines) is 1. The van der Waals surface area contributed by atoms with Crippen LogP contribution in [-0.4, -0.2) is 48.7 Å². The summed E-state index contributed by atoms with van der Waals surface area (Å²) in [7, 11) is 0. The zero-order valence-corrected chi connectivity index (χ0v) is 13.1. The van der Waals surface area contributed by atoms with Crippen molar-refractivity contribution in [2.45, 2.75) is 38.0 Å². The third-order valence-electron chi connectivity index (χ3n) is 3.99. The maximum Gasteiger partial charge on any atom is 0.405 e. The van der Waals surface area contributed by atoms with E-state index in [9.17, 15) is 18.0 Å². The first-order chi connectivity index (χ1) is 10.8. The number of benzene rings is 1. The van der Waals surface area contributed by atoms with Gasteiger partial charge in [-0.15, -0.1) is 0 Å². The molecule has 0 spiro atoms. The second-order valence-electron chi connectivity index (χ2n) is 5.85. The fraction of sp³-hybridized carbons (Fsp3) is 0.562. The fourth-order valence-corrected chi connectivity index (χ4v) is 2.75. The van der Waals surface area contributed by atoms with Crippen molar-refractivity contribution in [3.8, 4) is 0 Å². The minimum atomic E-state index is -4.38. The van der Waals surface area contributed by atoms with Crippen molar-refractivity contribution in [3.63, 3.8) is 0 Å². The molecule has 1 saturated heterocycles. The standard InChI is InChI=1S/C16H22F3N3O/c1-12(15(23)20-11-16(17,18)19)22-9-5-8-14(10-22)21-13-6-3-2-4-7-13/h2-4,6-7,12,14,21H,5,8-11H2,1H3,(H,20,23)/t12-,14-/m0/s1. The molecule has 1 aliphatic heterocycles. The highest BCUT2D eigenvalue weighted by Crippen LogP contribution is 2.18. The average Bonchev–Trinajstić information content (AvgIpc) is 2.52. The molecule has 0 saturated carbocycles. The minimum Gasteiger partial charge on any atom is -0.381 e. The fourth-order valence-electron chi connectivity index (χ4n) is 2.75. The minimum absolute atomic E-state index is 0.184. The summed E-state index contributed by atoms with van der Waals surface area (Å²) in [5.41, 5.74) is 1.01. The Labute approximate surface area is 134 Å². The zero-order valence-electron chi connectivity index (χ0n) is 13.1. The highest BCUT2D eigenvalue weighted by atomic mass is 19.4. The van der Waals surface area contributed by atoms with E-state index in [1.807, 2.05) is 40.5 Å². The second kappa shape index (κ2) is 7.68. The quantitative estimate of drug-likeness (QED) is 0.873. The van der Waals surface area contributed by atoms with Crippen LogP contribution in [0.3, 0.4) is 0 Å². The highest BCUT2D eigenvalue weighted by molar-refractivity contribution is 5.81. The van der Waals surface area contributed by atoms with Gasteiger partial charge < -0.3 is 10.6 Å². The highest BCUT2D eigenvalue weighted by Gasteiger charge is 2.31. The van der Waals surface area contributed by atoms with E-state index in [0.717, 1.165) is 18.5 Å². The summed E-state index contributed by atoms with van der Waals surface area (Å²) < 4.78 is 36.6. The number of para-hydroxylation sites is 1. The van der Waals surface area contributed by atoms with Crippen LogP contribution in [0.1, 0.15) is 19.8 Å². The molecule has 1 amide bonds. The molecular weight excluding hydrogens is 307 g/mol. The summed E-state index contributed by atoms with van der Waals surface area (Å²) in [5, 5.41) is 5.37. The molecule has 0 unspecified atom stereocenters. The van der Waals surface area contributed by atoms with Gasteiger partial charge in [-0.2, -0.15) is 13.2 Å². The maximum absolute atomic E-state index is 12.2. The number of nitrogens with zero attached hydrogens (tertiary/aromatic N) is 1. The molecule has 0 aromatic heterocycles. The van der Waals surface area contributed by atoms with E-state index < -0.39 is 24.7 Å². The number of rotatable bonds is 5. The number of alkyl halides is 3. The molecule has 7 heteroatoms. The van der Waals surface area contributed by atoms with Gasteiger partial charge in [-0.25, -0.2) is 0 Å². The first kappa shape index (κ1) is 17.6. The van der Waals surface area contributed by atoms with E-state index in [-0.39, 0.29) is 6.04 Å². The normalized spacial score (nSPS) is 20.8. The zero-order chi connectivity index (χ0) is 16.9. The number of anilines is 1. The maximum atomic E-state index is 12.2. The van der Waals surface area contributed by atoms with Crippen molar-refractivity contribution >= 4 is 11.6 Å². The van der Waals surface area contributed by atoms with Crippen LogP contribution in [0.5, 0.6) is 0 Å². The molecule has 0 bridgehead atoms. The summed E-state index contributed by atoms with van der Waals surface area (Å²) in [6.45, 7) is 1.72. The number of piperidine rings is 1. The third kappa shape index (κ3) is 5.74. The van der Waals surface area contributed by atoms with Crippen LogP contribution in [0, 0.1) is 0 Å². The van der Waals surface area contributed by atoms with E-state index in [1.54, 1.807) is 6.92 Å².